The molecular formula is C12H15N3O3S. The molecule has 0 aromatic carbocycles. The van der Waals surface area contributed by atoms with Crippen LogP contribution in [0.2, 0.25) is 0 Å². The van der Waals surface area contributed by atoms with Crippen LogP contribution in [0.4, 0.5) is 0 Å². The van der Waals surface area contributed by atoms with Crippen LogP contribution in [0, 0.1) is 17.2 Å². The summed E-state index contributed by atoms with van der Waals surface area (Å²) < 4.78 is 26.1. The zero-order valence-electron chi connectivity index (χ0n) is 10.5. The topological polar surface area (TPSA) is 94.3 Å². The Bertz CT molecular complexity index is 609. The van der Waals surface area contributed by atoms with E-state index in [1.807, 2.05) is 6.92 Å². The van der Waals surface area contributed by atoms with Gasteiger partial charge in [-0.15, -0.1) is 0 Å². The second-order valence-electron chi connectivity index (χ2n) is 4.66. The van der Waals surface area contributed by atoms with E-state index < -0.39 is 16.1 Å². The van der Waals surface area contributed by atoms with Crippen LogP contribution in [0.15, 0.2) is 23.2 Å². The lowest BCUT2D eigenvalue weighted by atomic mass is 9.98. The second-order valence-corrected chi connectivity index (χ2v) is 6.56. The molecular weight excluding hydrogens is 266 g/mol. The van der Waals surface area contributed by atoms with Gasteiger partial charge in [-0.25, -0.2) is 13.4 Å². The Morgan fingerprint density at radius 3 is 2.95 bits per heavy atom. The molecule has 2 atom stereocenters. The minimum atomic E-state index is -3.77. The van der Waals surface area contributed by atoms with E-state index in [4.69, 9.17) is 5.26 Å². The molecule has 0 saturated carbocycles. The third kappa shape index (κ3) is 2.61. The Morgan fingerprint density at radius 1 is 1.58 bits per heavy atom. The van der Waals surface area contributed by atoms with Crippen molar-refractivity contribution in [3.63, 3.8) is 0 Å². The van der Waals surface area contributed by atoms with Crippen LogP contribution in [0.25, 0.3) is 0 Å². The maximum atomic E-state index is 12.4. The zero-order chi connectivity index (χ0) is 14.0. The van der Waals surface area contributed by atoms with Crippen molar-refractivity contribution in [1.82, 2.24) is 9.29 Å². The van der Waals surface area contributed by atoms with Crippen LogP contribution in [0.1, 0.15) is 19.0 Å². The fourth-order valence-corrected chi connectivity index (χ4v) is 3.63. The third-order valence-corrected chi connectivity index (χ3v) is 5.27. The number of sulfonamides is 1. The number of piperidine rings is 1. The van der Waals surface area contributed by atoms with E-state index in [2.05, 4.69) is 4.98 Å². The quantitative estimate of drug-likeness (QED) is 0.843. The van der Waals surface area contributed by atoms with Gasteiger partial charge in [0.2, 0.25) is 10.0 Å². The lowest BCUT2D eigenvalue weighted by molar-refractivity contribution is 0.0605. The maximum absolute atomic E-state index is 12.4. The molecule has 1 saturated heterocycles. The van der Waals surface area contributed by atoms with Gasteiger partial charge in [-0.2, -0.15) is 9.57 Å². The van der Waals surface area contributed by atoms with Crippen molar-refractivity contribution in [3.05, 3.63) is 24.0 Å². The molecule has 2 rings (SSSR count). The van der Waals surface area contributed by atoms with Gasteiger partial charge < -0.3 is 5.11 Å². The summed E-state index contributed by atoms with van der Waals surface area (Å²) in [6.07, 6.45) is 1.30. The van der Waals surface area contributed by atoms with Gasteiger partial charge in [0.05, 0.1) is 6.10 Å². The number of β-amino-alcohol motifs (C(OH)–C–C–N with tert-alkyl or cyclic N) is 1. The Balaban J connectivity index is 2.36. The van der Waals surface area contributed by atoms with Crippen LogP contribution in [0.5, 0.6) is 0 Å². The number of hydrogen-bond acceptors (Lipinski definition) is 5. The van der Waals surface area contributed by atoms with E-state index in [-0.39, 0.29) is 23.1 Å². The normalized spacial score (nSPS) is 24.9. The predicted octanol–water partition coefficient (Wildman–Crippen LogP) is 0.345. The smallest absolute Gasteiger partial charge is 0.246 e. The van der Waals surface area contributed by atoms with Crippen molar-refractivity contribution in [2.45, 2.75) is 24.3 Å². The Hall–Kier alpha value is -1.49. The molecule has 0 aliphatic carbocycles. The first kappa shape index (κ1) is 13.9. The van der Waals surface area contributed by atoms with Gasteiger partial charge in [-0.05, 0) is 24.5 Å². The number of aliphatic hydroxyl groups is 1. The highest BCUT2D eigenvalue weighted by atomic mass is 32.2. The van der Waals surface area contributed by atoms with E-state index in [0.29, 0.717) is 13.0 Å². The number of nitrogens with zero attached hydrogens (tertiary/aromatic N) is 3. The predicted molar refractivity (Wildman–Crippen MR) is 67.5 cm³/mol. The molecule has 2 unspecified atom stereocenters. The Labute approximate surface area is 112 Å². The molecule has 2 heterocycles. The maximum Gasteiger partial charge on any atom is 0.246 e. The number of rotatable bonds is 2. The molecule has 102 valence electrons. The van der Waals surface area contributed by atoms with E-state index in [1.54, 1.807) is 6.07 Å². The average molecular weight is 281 g/mol. The highest BCUT2D eigenvalue weighted by Crippen LogP contribution is 2.24. The van der Waals surface area contributed by atoms with Gasteiger partial charge in [0, 0.05) is 19.3 Å². The fourth-order valence-electron chi connectivity index (χ4n) is 2.06. The summed E-state index contributed by atoms with van der Waals surface area (Å²) in [5, 5.41) is 18.7. The summed E-state index contributed by atoms with van der Waals surface area (Å²) in [5.74, 6) is 0.0794. The lowest BCUT2D eigenvalue weighted by Gasteiger charge is -2.33. The summed E-state index contributed by atoms with van der Waals surface area (Å²) in [7, 11) is -3.77. The molecule has 0 spiro atoms. The first-order valence-corrected chi connectivity index (χ1v) is 7.44. The van der Waals surface area contributed by atoms with E-state index in [0.717, 1.165) is 0 Å². The van der Waals surface area contributed by atoms with Crippen molar-refractivity contribution < 1.29 is 13.5 Å². The van der Waals surface area contributed by atoms with Crippen LogP contribution in [-0.2, 0) is 10.0 Å². The zero-order valence-corrected chi connectivity index (χ0v) is 11.3. The van der Waals surface area contributed by atoms with Crippen LogP contribution < -0.4 is 0 Å². The fraction of sp³-hybridized carbons (Fsp3) is 0.500. The van der Waals surface area contributed by atoms with Crippen molar-refractivity contribution in [2.75, 3.05) is 13.1 Å². The number of nitriles is 1. The molecule has 1 N–H and O–H groups in total. The Morgan fingerprint density at radius 2 is 2.32 bits per heavy atom. The van der Waals surface area contributed by atoms with Crippen LogP contribution in [0.3, 0.4) is 0 Å². The highest BCUT2D eigenvalue weighted by Gasteiger charge is 2.34. The first-order chi connectivity index (χ1) is 8.96. The number of pyridine rings is 1. The van der Waals surface area contributed by atoms with E-state index in [1.165, 1.54) is 22.6 Å². The number of aliphatic hydroxyl groups excluding tert-OH is 1. The van der Waals surface area contributed by atoms with Gasteiger partial charge in [0.25, 0.3) is 0 Å². The van der Waals surface area contributed by atoms with Gasteiger partial charge in [-0.1, -0.05) is 6.92 Å². The standard InChI is InChI=1S/C12H15N3O3S/c1-9-4-6-15(8-11(9)16)19(17,18)12-3-2-5-14-10(12)7-13/h2-3,5,9,11,16H,4,6,8H2,1H3. The number of aromatic nitrogens is 1. The number of hydrogen-bond donors (Lipinski definition) is 1. The Kier molecular flexibility index (Phi) is 3.85. The molecule has 1 aliphatic heterocycles. The van der Waals surface area contributed by atoms with E-state index >= 15 is 0 Å². The summed E-state index contributed by atoms with van der Waals surface area (Å²) in [6, 6.07) is 4.63. The molecule has 0 bridgehead atoms. The largest absolute Gasteiger partial charge is 0.391 e. The SMILES string of the molecule is CC1CCN(S(=O)(=O)c2cccnc2C#N)CC1O. The van der Waals surface area contributed by atoms with Crippen molar-refractivity contribution >= 4 is 10.0 Å². The molecule has 1 aromatic rings. The average Bonchev–Trinajstić information content (AvgIpc) is 2.41. The van der Waals surface area contributed by atoms with Crippen LogP contribution >= 0.6 is 0 Å². The van der Waals surface area contributed by atoms with Gasteiger partial charge in [0.15, 0.2) is 5.69 Å². The molecule has 1 aromatic heterocycles. The lowest BCUT2D eigenvalue weighted by Crippen LogP contribution is -2.45. The second kappa shape index (κ2) is 5.25. The van der Waals surface area contributed by atoms with Crippen LogP contribution in [-0.4, -0.2) is 42.0 Å². The summed E-state index contributed by atoms with van der Waals surface area (Å²) in [4.78, 5) is 3.66. The molecule has 6 nitrogen and oxygen atoms in total. The molecule has 1 fully saturated rings. The van der Waals surface area contributed by atoms with Crippen molar-refractivity contribution in [3.8, 4) is 6.07 Å². The minimum absolute atomic E-state index is 0.0588. The molecule has 0 radical (unpaired) electrons. The minimum Gasteiger partial charge on any atom is -0.391 e. The molecule has 19 heavy (non-hydrogen) atoms. The molecule has 0 amide bonds. The molecule has 7 heteroatoms. The first-order valence-electron chi connectivity index (χ1n) is 6.00. The van der Waals surface area contributed by atoms with Crippen molar-refractivity contribution in [1.29, 1.82) is 5.26 Å². The summed E-state index contributed by atoms with van der Waals surface area (Å²) in [5.41, 5.74) is -0.115. The van der Waals surface area contributed by atoms with Gasteiger partial charge >= 0.3 is 0 Å². The van der Waals surface area contributed by atoms with Gasteiger partial charge in [-0.3, -0.25) is 0 Å². The summed E-state index contributed by atoms with van der Waals surface area (Å²) in [6.45, 7) is 2.29. The molecule has 1 aliphatic rings. The highest BCUT2D eigenvalue weighted by molar-refractivity contribution is 7.89. The third-order valence-electron chi connectivity index (χ3n) is 3.38. The monoisotopic (exact) mass is 281 g/mol. The van der Waals surface area contributed by atoms with Gasteiger partial charge in [0.1, 0.15) is 11.0 Å². The van der Waals surface area contributed by atoms with Crippen molar-refractivity contribution in [2.24, 2.45) is 5.92 Å². The summed E-state index contributed by atoms with van der Waals surface area (Å²) >= 11 is 0. The van der Waals surface area contributed by atoms with E-state index in [9.17, 15) is 13.5 Å².